The molecule has 0 saturated carbocycles. The molecule has 0 fully saturated rings. The average molecular weight is 230 g/mol. The molecule has 0 aliphatic carbocycles. The van der Waals surface area contributed by atoms with Crippen molar-refractivity contribution in [1.82, 2.24) is 0 Å². The summed E-state index contributed by atoms with van der Waals surface area (Å²) in [7, 11) is 0. The molecule has 0 spiro atoms. The summed E-state index contributed by atoms with van der Waals surface area (Å²) in [4.78, 5) is 21.4. The van der Waals surface area contributed by atoms with Gasteiger partial charge in [-0.1, -0.05) is 0 Å². The molecule has 90 valence electrons. The second-order valence-electron chi connectivity index (χ2n) is 3.33. The molecule has 0 aromatic heterocycles. The van der Waals surface area contributed by atoms with E-state index >= 15 is 0 Å². The van der Waals surface area contributed by atoms with E-state index in [1.165, 1.54) is 26.0 Å². The molecule has 6 heteroatoms. The van der Waals surface area contributed by atoms with Crippen LogP contribution in [0, 0.1) is 0 Å². The van der Waals surface area contributed by atoms with Crippen LogP contribution in [-0.2, 0) is 23.8 Å². The summed E-state index contributed by atoms with van der Waals surface area (Å²) in [5, 5.41) is 9.21. The van der Waals surface area contributed by atoms with E-state index in [1.54, 1.807) is 0 Å². The minimum atomic E-state index is -1.08. The van der Waals surface area contributed by atoms with Gasteiger partial charge in [-0.2, -0.15) is 0 Å². The van der Waals surface area contributed by atoms with Crippen LogP contribution in [0.25, 0.3) is 0 Å². The molecular weight excluding hydrogens is 216 g/mol. The van der Waals surface area contributed by atoms with E-state index in [1.807, 2.05) is 0 Å². The number of ether oxygens (including phenoxy) is 3. The van der Waals surface area contributed by atoms with E-state index in [-0.39, 0.29) is 6.61 Å². The molecule has 1 rings (SSSR count). The van der Waals surface area contributed by atoms with Crippen LogP contribution in [0.3, 0.4) is 0 Å². The van der Waals surface area contributed by atoms with Crippen molar-refractivity contribution in [3.05, 3.63) is 12.2 Å². The first-order chi connectivity index (χ1) is 7.49. The van der Waals surface area contributed by atoms with Gasteiger partial charge >= 0.3 is 11.9 Å². The van der Waals surface area contributed by atoms with Crippen molar-refractivity contribution in [3.63, 3.8) is 0 Å². The number of carbonyl (C=O) groups is 2. The van der Waals surface area contributed by atoms with Gasteiger partial charge in [0.1, 0.15) is 18.8 Å². The lowest BCUT2D eigenvalue weighted by Gasteiger charge is -2.29. The highest BCUT2D eigenvalue weighted by molar-refractivity contribution is 5.66. The zero-order chi connectivity index (χ0) is 12.1. The largest absolute Gasteiger partial charge is 0.463 e. The Morgan fingerprint density at radius 2 is 2.00 bits per heavy atom. The lowest BCUT2D eigenvalue weighted by Crippen LogP contribution is -2.41. The van der Waals surface area contributed by atoms with E-state index in [2.05, 4.69) is 0 Å². The molecule has 0 unspecified atom stereocenters. The number of hydrogen-bond acceptors (Lipinski definition) is 6. The van der Waals surface area contributed by atoms with Crippen molar-refractivity contribution in [2.75, 3.05) is 6.61 Å². The fourth-order valence-corrected chi connectivity index (χ4v) is 1.27. The van der Waals surface area contributed by atoms with Gasteiger partial charge in [0.2, 0.25) is 0 Å². The number of esters is 2. The summed E-state index contributed by atoms with van der Waals surface area (Å²) in [6.45, 7) is 2.45. The van der Waals surface area contributed by atoms with Crippen LogP contribution in [-0.4, -0.2) is 42.1 Å². The molecule has 0 radical (unpaired) electrons. The smallest absolute Gasteiger partial charge is 0.303 e. The maximum Gasteiger partial charge on any atom is 0.303 e. The van der Waals surface area contributed by atoms with E-state index in [0.717, 1.165) is 0 Å². The molecule has 0 aromatic carbocycles. The van der Waals surface area contributed by atoms with Crippen LogP contribution in [0.2, 0.25) is 0 Å². The Bertz CT molecular complexity index is 298. The highest BCUT2D eigenvalue weighted by Crippen LogP contribution is 2.15. The fraction of sp³-hybridized carbons (Fsp3) is 0.600. The molecule has 0 saturated heterocycles. The van der Waals surface area contributed by atoms with Gasteiger partial charge < -0.3 is 19.3 Å². The van der Waals surface area contributed by atoms with Gasteiger partial charge in [0.15, 0.2) is 6.29 Å². The summed E-state index contributed by atoms with van der Waals surface area (Å²) in [5.41, 5.74) is 0. The molecule has 1 N–H and O–H groups in total. The van der Waals surface area contributed by atoms with Gasteiger partial charge in [-0.05, 0) is 12.2 Å². The monoisotopic (exact) mass is 230 g/mol. The molecule has 1 aliphatic rings. The third-order valence-corrected chi connectivity index (χ3v) is 1.90. The Hall–Kier alpha value is -1.40. The summed E-state index contributed by atoms with van der Waals surface area (Å²) in [6, 6.07) is 0. The third kappa shape index (κ3) is 4.00. The van der Waals surface area contributed by atoms with Gasteiger partial charge in [-0.3, -0.25) is 9.59 Å². The fourth-order valence-electron chi connectivity index (χ4n) is 1.27. The molecular formula is C10H14O6. The maximum absolute atomic E-state index is 10.8. The van der Waals surface area contributed by atoms with Gasteiger partial charge in [0.05, 0.1) is 0 Å². The Morgan fingerprint density at radius 3 is 2.56 bits per heavy atom. The average Bonchev–Trinajstić information content (AvgIpc) is 2.17. The minimum absolute atomic E-state index is 0.0747. The van der Waals surface area contributed by atoms with Crippen LogP contribution >= 0.6 is 0 Å². The van der Waals surface area contributed by atoms with E-state index in [0.29, 0.717) is 0 Å². The van der Waals surface area contributed by atoms with Crippen LogP contribution in [0.1, 0.15) is 13.8 Å². The summed E-state index contributed by atoms with van der Waals surface area (Å²) in [6.07, 6.45) is 0.446. The molecule has 6 nitrogen and oxygen atoms in total. The Labute approximate surface area is 92.8 Å². The molecule has 16 heavy (non-hydrogen) atoms. The Kier molecular flexibility index (Phi) is 4.45. The van der Waals surface area contributed by atoms with Crippen molar-refractivity contribution in [2.45, 2.75) is 32.3 Å². The van der Waals surface area contributed by atoms with Crippen LogP contribution in [0.5, 0.6) is 0 Å². The third-order valence-electron chi connectivity index (χ3n) is 1.90. The summed E-state index contributed by atoms with van der Waals surface area (Å²) >= 11 is 0. The van der Waals surface area contributed by atoms with Crippen LogP contribution in [0.15, 0.2) is 12.2 Å². The first-order valence-corrected chi connectivity index (χ1v) is 4.81. The van der Waals surface area contributed by atoms with E-state index < -0.39 is 30.4 Å². The van der Waals surface area contributed by atoms with Crippen molar-refractivity contribution >= 4 is 11.9 Å². The predicted molar refractivity (Wildman–Crippen MR) is 52.2 cm³/mol. The number of carbonyl (C=O) groups excluding carboxylic acids is 2. The SMILES string of the molecule is CC(=O)OC[C@H]1O[C@H](O)C=C[C@H]1OC(C)=O. The first-order valence-electron chi connectivity index (χ1n) is 4.81. The Morgan fingerprint density at radius 1 is 1.31 bits per heavy atom. The van der Waals surface area contributed by atoms with Crippen molar-refractivity contribution in [3.8, 4) is 0 Å². The zero-order valence-corrected chi connectivity index (χ0v) is 9.08. The van der Waals surface area contributed by atoms with Crippen LogP contribution < -0.4 is 0 Å². The Balaban J connectivity index is 2.58. The molecule has 0 bridgehead atoms. The van der Waals surface area contributed by atoms with Gasteiger partial charge in [-0.15, -0.1) is 0 Å². The summed E-state index contributed by atoms with van der Waals surface area (Å²) < 4.78 is 14.7. The van der Waals surface area contributed by atoms with Gasteiger partial charge in [0.25, 0.3) is 0 Å². The zero-order valence-electron chi connectivity index (χ0n) is 9.08. The summed E-state index contributed by atoms with van der Waals surface area (Å²) in [5.74, 6) is -0.934. The number of aliphatic hydroxyl groups excluding tert-OH is 1. The quantitative estimate of drug-likeness (QED) is 0.532. The van der Waals surface area contributed by atoms with Gasteiger partial charge in [-0.25, -0.2) is 0 Å². The number of hydrogen-bond donors (Lipinski definition) is 1. The topological polar surface area (TPSA) is 82.1 Å². The highest BCUT2D eigenvalue weighted by Gasteiger charge is 2.29. The maximum atomic E-state index is 10.8. The molecule has 1 aliphatic heterocycles. The molecule has 0 amide bonds. The second kappa shape index (κ2) is 5.62. The standard InChI is InChI=1S/C10H14O6/c1-6(11)14-5-9-8(15-7(2)12)3-4-10(13)16-9/h3-4,8-10,13H,5H2,1-2H3/t8-,9-,10+/m1/s1. The van der Waals surface area contributed by atoms with E-state index in [4.69, 9.17) is 14.2 Å². The van der Waals surface area contributed by atoms with Crippen molar-refractivity contribution in [2.24, 2.45) is 0 Å². The highest BCUT2D eigenvalue weighted by atomic mass is 16.6. The van der Waals surface area contributed by atoms with Crippen LogP contribution in [0.4, 0.5) is 0 Å². The predicted octanol–water partition coefficient (Wildman–Crippen LogP) is -0.245. The lowest BCUT2D eigenvalue weighted by molar-refractivity contribution is -0.183. The van der Waals surface area contributed by atoms with E-state index in [9.17, 15) is 14.7 Å². The molecule has 1 heterocycles. The van der Waals surface area contributed by atoms with Crippen molar-refractivity contribution < 1.29 is 28.9 Å². The lowest BCUT2D eigenvalue weighted by atomic mass is 10.1. The number of rotatable bonds is 3. The molecule has 0 aromatic rings. The minimum Gasteiger partial charge on any atom is -0.463 e. The molecule has 3 atom stereocenters. The van der Waals surface area contributed by atoms with Crippen molar-refractivity contribution in [1.29, 1.82) is 0 Å². The number of aliphatic hydroxyl groups is 1. The normalized spacial score (nSPS) is 28.6. The van der Waals surface area contributed by atoms with Gasteiger partial charge in [0, 0.05) is 13.8 Å². The second-order valence-corrected chi connectivity index (χ2v) is 3.33. The first kappa shape index (κ1) is 12.7.